The van der Waals surface area contributed by atoms with Crippen molar-refractivity contribution >= 4 is 21.8 Å². The molecule has 0 spiro atoms. The Labute approximate surface area is 113 Å². The summed E-state index contributed by atoms with van der Waals surface area (Å²) in [4.78, 5) is 11.7. The van der Waals surface area contributed by atoms with E-state index in [1.54, 1.807) is 48.5 Å². The number of hydrogen-bond acceptors (Lipinski definition) is 2. The first-order valence-electron chi connectivity index (χ1n) is 5.39. The van der Waals surface area contributed by atoms with Crippen molar-refractivity contribution in [2.24, 2.45) is 5.73 Å². The minimum Gasteiger partial charge on any atom is -0.372 e. The lowest BCUT2D eigenvalue weighted by molar-refractivity contribution is -0.133. The van der Waals surface area contributed by atoms with Gasteiger partial charge in [0.25, 0.3) is 5.91 Å². The monoisotopic (exact) mass is 305 g/mol. The van der Waals surface area contributed by atoms with Crippen LogP contribution in [0.15, 0.2) is 59.1 Å². The summed E-state index contributed by atoms with van der Waals surface area (Å²) in [5.74, 6) is -0.795. The minimum absolute atomic E-state index is 0.449. The molecule has 0 aliphatic heterocycles. The van der Waals surface area contributed by atoms with Gasteiger partial charge in [-0.1, -0.05) is 58.4 Å². The second-order valence-corrected chi connectivity index (χ2v) is 4.86. The molecule has 0 aliphatic rings. The van der Waals surface area contributed by atoms with E-state index >= 15 is 0 Å². The van der Waals surface area contributed by atoms with Gasteiger partial charge in [0, 0.05) is 4.47 Å². The maximum Gasteiger partial charge on any atom is 0.258 e. The van der Waals surface area contributed by atoms with Crippen LogP contribution in [0.1, 0.15) is 11.1 Å². The maximum atomic E-state index is 11.7. The van der Waals surface area contributed by atoms with E-state index in [1.807, 2.05) is 6.07 Å². The van der Waals surface area contributed by atoms with Gasteiger partial charge < -0.3 is 10.8 Å². The number of carbonyl (C=O) groups is 1. The minimum atomic E-state index is -1.80. The molecule has 2 aromatic carbocycles. The Hall–Kier alpha value is -1.65. The second kappa shape index (κ2) is 4.92. The van der Waals surface area contributed by atoms with Crippen molar-refractivity contribution in [1.29, 1.82) is 0 Å². The molecule has 2 aromatic rings. The van der Waals surface area contributed by atoms with E-state index in [0.29, 0.717) is 11.1 Å². The van der Waals surface area contributed by atoms with Crippen LogP contribution < -0.4 is 5.73 Å². The zero-order chi connectivity index (χ0) is 13.2. The molecule has 1 amide bonds. The van der Waals surface area contributed by atoms with Gasteiger partial charge in [0.1, 0.15) is 0 Å². The first-order chi connectivity index (χ1) is 8.55. The van der Waals surface area contributed by atoms with E-state index in [1.165, 1.54) is 0 Å². The van der Waals surface area contributed by atoms with Gasteiger partial charge in [-0.3, -0.25) is 4.79 Å². The molecule has 3 N–H and O–H groups in total. The number of rotatable bonds is 3. The molecule has 0 aromatic heterocycles. The van der Waals surface area contributed by atoms with Gasteiger partial charge >= 0.3 is 0 Å². The van der Waals surface area contributed by atoms with Crippen LogP contribution >= 0.6 is 15.9 Å². The largest absolute Gasteiger partial charge is 0.372 e. The van der Waals surface area contributed by atoms with Crippen molar-refractivity contribution in [1.82, 2.24) is 0 Å². The average Bonchev–Trinajstić information content (AvgIpc) is 2.39. The van der Waals surface area contributed by atoms with E-state index in [2.05, 4.69) is 15.9 Å². The molecular formula is C14H12BrNO2. The molecule has 1 unspecified atom stereocenters. The topological polar surface area (TPSA) is 63.3 Å². The Bertz CT molecular complexity index is 554. The van der Waals surface area contributed by atoms with Crippen molar-refractivity contribution in [3.8, 4) is 0 Å². The van der Waals surface area contributed by atoms with Crippen LogP contribution in [0.5, 0.6) is 0 Å². The van der Waals surface area contributed by atoms with Crippen LogP contribution in [0, 0.1) is 0 Å². The highest BCUT2D eigenvalue weighted by Crippen LogP contribution is 2.30. The summed E-state index contributed by atoms with van der Waals surface area (Å²) < 4.78 is 0.867. The fraction of sp³-hybridized carbons (Fsp3) is 0.0714. The predicted octanol–water partition coefficient (Wildman–Crippen LogP) is 2.17. The number of hydrogen-bond donors (Lipinski definition) is 2. The Morgan fingerprint density at radius 3 is 2.00 bits per heavy atom. The van der Waals surface area contributed by atoms with Gasteiger partial charge in [-0.15, -0.1) is 0 Å². The molecule has 4 heteroatoms. The van der Waals surface area contributed by atoms with Crippen LogP contribution in [-0.4, -0.2) is 11.0 Å². The van der Waals surface area contributed by atoms with Crippen LogP contribution in [0.2, 0.25) is 0 Å². The van der Waals surface area contributed by atoms with Crippen molar-refractivity contribution in [3.63, 3.8) is 0 Å². The van der Waals surface area contributed by atoms with E-state index < -0.39 is 11.5 Å². The number of benzene rings is 2. The highest BCUT2D eigenvalue weighted by Gasteiger charge is 2.37. The molecule has 0 radical (unpaired) electrons. The van der Waals surface area contributed by atoms with Crippen molar-refractivity contribution in [3.05, 3.63) is 70.2 Å². The van der Waals surface area contributed by atoms with Crippen molar-refractivity contribution < 1.29 is 9.90 Å². The van der Waals surface area contributed by atoms with Gasteiger partial charge in [-0.05, 0) is 23.3 Å². The lowest BCUT2D eigenvalue weighted by atomic mass is 9.86. The molecule has 0 aliphatic carbocycles. The van der Waals surface area contributed by atoms with E-state index in [4.69, 9.17) is 5.73 Å². The zero-order valence-corrected chi connectivity index (χ0v) is 11.1. The number of nitrogens with two attached hydrogens (primary N) is 1. The number of halogens is 1. The molecule has 0 bridgehead atoms. The van der Waals surface area contributed by atoms with Gasteiger partial charge in [-0.25, -0.2) is 0 Å². The van der Waals surface area contributed by atoms with Gasteiger partial charge in [0.15, 0.2) is 5.60 Å². The predicted molar refractivity (Wildman–Crippen MR) is 72.8 cm³/mol. The van der Waals surface area contributed by atoms with Crippen LogP contribution in [0.25, 0.3) is 0 Å². The zero-order valence-electron chi connectivity index (χ0n) is 9.51. The molecular weight excluding hydrogens is 294 g/mol. The van der Waals surface area contributed by atoms with E-state index in [0.717, 1.165) is 4.47 Å². The van der Waals surface area contributed by atoms with E-state index in [9.17, 15) is 9.90 Å². The SMILES string of the molecule is NC(=O)C(O)(c1ccccc1)c1ccc(Br)cc1. The molecule has 2 rings (SSSR count). The Morgan fingerprint density at radius 1 is 1.00 bits per heavy atom. The molecule has 3 nitrogen and oxygen atoms in total. The average molecular weight is 306 g/mol. The van der Waals surface area contributed by atoms with Gasteiger partial charge in [0.05, 0.1) is 0 Å². The molecule has 0 saturated carbocycles. The molecule has 18 heavy (non-hydrogen) atoms. The second-order valence-electron chi connectivity index (χ2n) is 3.95. The van der Waals surface area contributed by atoms with Gasteiger partial charge in [0.2, 0.25) is 0 Å². The Morgan fingerprint density at radius 2 is 1.50 bits per heavy atom. The highest BCUT2D eigenvalue weighted by molar-refractivity contribution is 9.10. The highest BCUT2D eigenvalue weighted by atomic mass is 79.9. The van der Waals surface area contributed by atoms with Crippen LogP contribution in [0.4, 0.5) is 0 Å². The third kappa shape index (κ3) is 2.17. The normalized spacial score (nSPS) is 13.9. The fourth-order valence-electron chi connectivity index (χ4n) is 1.82. The van der Waals surface area contributed by atoms with Crippen LogP contribution in [-0.2, 0) is 10.4 Å². The molecule has 92 valence electrons. The van der Waals surface area contributed by atoms with Crippen molar-refractivity contribution in [2.75, 3.05) is 0 Å². The van der Waals surface area contributed by atoms with Crippen LogP contribution in [0.3, 0.4) is 0 Å². The molecule has 0 fully saturated rings. The summed E-state index contributed by atoms with van der Waals surface area (Å²) in [6.45, 7) is 0. The first kappa shape index (κ1) is 12.8. The first-order valence-corrected chi connectivity index (χ1v) is 6.18. The smallest absolute Gasteiger partial charge is 0.258 e. The van der Waals surface area contributed by atoms with Gasteiger partial charge in [-0.2, -0.15) is 0 Å². The maximum absolute atomic E-state index is 11.7. The summed E-state index contributed by atoms with van der Waals surface area (Å²) in [5, 5.41) is 10.6. The molecule has 0 saturated heterocycles. The summed E-state index contributed by atoms with van der Waals surface area (Å²) in [7, 11) is 0. The van der Waals surface area contributed by atoms with Crippen molar-refractivity contribution in [2.45, 2.75) is 5.60 Å². The summed E-state index contributed by atoms with van der Waals surface area (Å²) in [5.41, 5.74) is 4.48. The Kier molecular flexibility index (Phi) is 3.50. The lowest BCUT2D eigenvalue weighted by Gasteiger charge is -2.25. The number of aliphatic hydroxyl groups is 1. The summed E-state index contributed by atoms with van der Waals surface area (Å²) in [6.07, 6.45) is 0. The quantitative estimate of drug-likeness (QED) is 0.913. The molecule has 1 atom stereocenters. The van der Waals surface area contributed by atoms with E-state index in [-0.39, 0.29) is 0 Å². The summed E-state index contributed by atoms with van der Waals surface area (Å²) in [6, 6.07) is 15.5. The lowest BCUT2D eigenvalue weighted by Crippen LogP contribution is -2.42. The Balaban J connectivity index is 2.58. The number of amides is 1. The number of carbonyl (C=O) groups excluding carboxylic acids is 1. The third-order valence-corrected chi connectivity index (χ3v) is 3.34. The standard InChI is InChI=1S/C14H12BrNO2/c15-12-8-6-11(7-9-12)14(18,13(16)17)10-4-2-1-3-5-10/h1-9,18H,(H2,16,17). The molecule has 0 heterocycles. The number of primary amides is 1. The fourth-order valence-corrected chi connectivity index (χ4v) is 2.09. The summed E-state index contributed by atoms with van der Waals surface area (Å²) >= 11 is 3.31. The third-order valence-electron chi connectivity index (χ3n) is 2.81.